The standard InChI is InChI=1S/C17H29BrN2/c1-5-13(4)12-20(7-3)17-9-8-14(11-16(17)18)10-15(19)6-2/h8-9,11,13,15H,5-7,10,12,19H2,1-4H3. The smallest absolute Gasteiger partial charge is 0.0510 e. The Balaban J connectivity index is 2.84. The summed E-state index contributed by atoms with van der Waals surface area (Å²) in [6, 6.07) is 6.93. The van der Waals surface area contributed by atoms with Gasteiger partial charge in [0, 0.05) is 23.6 Å². The SMILES string of the molecule is CCC(C)CN(CC)c1ccc(CC(N)CC)cc1Br. The monoisotopic (exact) mass is 340 g/mol. The van der Waals surface area contributed by atoms with E-state index in [0.29, 0.717) is 0 Å². The highest BCUT2D eigenvalue weighted by Crippen LogP contribution is 2.28. The molecule has 0 aliphatic carbocycles. The zero-order valence-corrected chi connectivity index (χ0v) is 14.9. The molecule has 0 fully saturated rings. The fourth-order valence-corrected chi connectivity index (χ4v) is 2.96. The van der Waals surface area contributed by atoms with Gasteiger partial charge in [0.2, 0.25) is 0 Å². The Morgan fingerprint density at radius 1 is 1.20 bits per heavy atom. The van der Waals surface area contributed by atoms with E-state index in [0.717, 1.165) is 31.8 Å². The van der Waals surface area contributed by atoms with Crippen molar-refractivity contribution in [2.45, 2.75) is 53.0 Å². The predicted molar refractivity (Wildman–Crippen MR) is 93.5 cm³/mol. The summed E-state index contributed by atoms with van der Waals surface area (Å²) >= 11 is 3.73. The van der Waals surface area contributed by atoms with Gasteiger partial charge in [0.15, 0.2) is 0 Å². The molecule has 0 spiro atoms. The molecule has 0 aliphatic heterocycles. The first kappa shape index (κ1) is 17.5. The molecular formula is C17H29BrN2. The molecule has 2 nitrogen and oxygen atoms in total. The minimum absolute atomic E-state index is 0.259. The van der Waals surface area contributed by atoms with Gasteiger partial charge in [-0.05, 0) is 59.3 Å². The molecule has 0 radical (unpaired) electrons. The molecule has 2 atom stereocenters. The van der Waals surface area contributed by atoms with Crippen molar-refractivity contribution in [2.24, 2.45) is 11.7 Å². The van der Waals surface area contributed by atoms with Crippen LogP contribution >= 0.6 is 15.9 Å². The average molecular weight is 341 g/mol. The molecule has 0 saturated carbocycles. The lowest BCUT2D eigenvalue weighted by Gasteiger charge is -2.27. The summed E-state index contributed by atoms with van der Waals surface area (Å²) in [6.07, 6.45) is 3.19. The van der Waals surface area contributed by atoms with Gasteiger partial charge < -0.3 is 10.6 Å². The molecule has 0 bridgehead atoms. The molecule has 0 amide bonds. The van der Waals surface area contributed by atoms with E-state index in [1.807, 2.05) is 0 Å². The lowest BCUT2D eigenvalue weighted by Crippen LogP contribution is -2.28. The van der Waals surface area contributed by atoms with Crippen LogP contribution in [0.5, 0.6) is 0 Å². The predicted octanol–water partition coefficient (Wildman–Crippen LogP) is 4.60. The highest BCUT2D eigenvalue weighted by Gasteiger charge is 2.12. The molecule has 1 rings (SSSR count). The zero-order valence-electron chi connectivity index (χ0n) is 13.3. The highest BCUT2D eigenvalue weighted by molar-refractivity contribution is 9.10. The van der Waals surface area contributed by atoms with Crippen LogP contribution in [0, 0.1) is 5.92 Å². The fraction of sp³-hybridized carbons (Fsp3) is 0.647. The van der Waals surface area contributed by atoms with Crippen molar-refractivity contribution in [1.82, 2.24) is 0 Å². The lowest BCUT2D eigenvalue weighted by molar-refractivity contribution is 0.547. The summed E-state index contributed by atoms with van der Waals surface area (Å²) in [6.45, 7) is 11.1. The van der Waals surface area contributed by atoms with E-state index in [1.54, 1.807) is 0 Å². The maximum absolute atomic E-state index is 6.04. The molecular weight excluding hydrogens is 312 g/mol. The molecule has 114 valence electrons. The van der Waals surface area contributed by atoms with Crippen LogP contribution < -0.4 is 10.6 Å². The number of nitrogens with two attached hydrogens (primary N) is 1. The minimum atomic E-state index is 0.259. The summed E-state index contributed by atoms with van der Waals surface area (Å²) in [5, 5.41) is 0. The van der Waals surface area contributed by atoms with Crippen molar-refractivity contribution in [3.63, 3.8) is 0 Å². The molecule has 0 saturated heterocycles. The number of benzene rings is 1. The van der Waals surface area contributed by atoms with Gasteiger partial charge in [-0.25, -0.2) is 0 Å². The number of hydrogen-bond acceptors (Lipinski definition) is 2. The summed E-state index contributed by atoms with van der Waals surface area (Å²) in [7, 11) is 0. The van der Waals surface area contributed by atoms with E-state index in [2.05, 4.69) is 66.7 Å². The zero-order chi connectivity index (χ0) is 15.1. The van der Waals surface area contributed by atoms with Crippen molar-refractivity contribution in [3.05, 3.63) is 28.2 Å². The fourth-order valence-electron chi connectivity index (χ4n) is 2.28. The Labute approximate surface area is 132 Å². The van der Waals surface area contributed by atoms with Crippen molar-refractivity contribution >= 4 is 21.6 Å². The highest BCUT2D eigenvalue weighted by atomic mass is 79.9. The normalized spacial score (nSPS) is 14.1. The average Bonchev–Trinajstić information content (AvgIpc) is 2.45. The van der Waals surface area contributed by atoms with Gasteiger partial charge >= 0.3 is 0 Å². The third-order valence-corrected chi connectivity index (χ3v) is 4.62. The van der Waals surface area contributed by atoms with Crippen LogP contribution in [0.1, 0.15) is 46.1 Å². The second-order valence-electron chi connectivity index (χ2n) is 5.71. The van der Waals surface area contributed by atoms with Gasteiger partial charge in [-0.3, -0.25) is 0 Å². The Bertz CT molecular complexity index is 406. The first-order chi connectivity index (χ1) is 9.51. The Kier molecular flexibility index (Phi) is 7.60. The summed E-state index contributed by atoms with van der Waals surface area (Å²) < 4.78 is 1.18. The van der Waals surface area contributed by atoms with Crippen LogP contribution in [0.2, 0.25) is 0 Å². The second-order valence-corrected chi connectivity index (χ2v) is 6.56. The van der Waals surface area contributed by atoms with E-state index in [1.165, 1.54) is 22.1 Å². The number of anilines is 1. The van der Waals surface area contributed by atoms with Crippen LogP contribution in [0.15, 0.2) is 22.7 Å². The quantitative estimate of drug-likeness (QED) is 0.749. The van der Waals surface area contributed by atoms with Gasteiger partial charge in [-0.15, -0.1) is 0 Å². The molecule has 3 heteroatoms. The van der Waals surface area contributed by atoms with Gasteiger partial charge in [0.25, 0.3) is 0 Å². The number of nitrogens with zero attached hydrogens (tertiary/aromatic N) is 1. The topological polar surface area (TPSA) is 29.3 Å². The maximum atomic E-state index is 6.04. The first-order valence-electron chi connectivity index (χ1n) is 7.80. The largest absolute Gasteiger partial charge is 0.371 e. The Morgan fingerprint density at radius 3 is 2.40 bits per heavy atom. The van der Waals surface area contributed by atoms with E-state index >= 15 is 0 Å². The molecule has 20 heavy (non-hydrogen) atoms. The molecule has 2 unspecified atom stereocenters. The summed E-state index contributed by atoms with van der Waals surface area (Å²) in [5.74, 6) is 0.718. The summed E-state index contributed by atoms with van der Waals surface area (Å²) in [4.78, 5) is 2.45. The Hall–Kier alpha value is -0.540. The van der Waals surface area contributed by atoms with Crippen molar-refractivity contribution in [1.29, 1.82) is 0 Å². The Morgan fingerprint density at radius 2 is 1.90 bits per heavy atom. The van der Waals surface area contributed by atoms with Gasteiger partial charge in [0.05, 0.1) is 5.69 Å². The van der Waals surface area contributed by atoms with E-state index in [9.17, 15) is 0 Å². The first-order valence-corrected chi connectivity index (χ1v) is 8.59. The third-order valence-electron chi connectivity index (χ3n) is 3.99. The van der Waals surface area contributed by atoms with Crippen LogP contribution in [0.4, 0.5) is 5.69 Å². The number of halogens is 1. The summed E-state index contributed by atoms with van der Waals surface area (Å²) in [5.41, 5.74) is 8.64. The third kappa shape index (κ3) is 5.10. The maximum Gasteiger partial charge on any atom is 0.0510 e. The molecule has 0 aliphatic rings. The van der Waals surface area contributed by atoms with Crippen molar-refractivity contribution in [2.75, 3.05) is 18.0 Å². The van der Waals surface area contributed by atoms with Crippen molar-refractivity contribution < 1.29 is 0 Å². The van der Waals surface area contributed by atoms with Gasteiger partial charge in [0.1, 0.15) is 0 Å². The van der Waals surface area contributed by atoms with E-state index in [4.69, 9.17) is 5.73 Å². The van der Waals surface area contributed by atoms with Crippen LogP contribution in [0.3, 0.4) is 0 Å². The van der Waals surface area contributed by atoms with Gasteiger partial charge in [-0.2, -0.15) is 0 Å². The van der Waals surface area contributed by atoms with Crippen molar-refractivity contribution in [3.8, 4) is 0 Å². The molecule has 1 aromatic rings. The van der Waals surface area contributed by atoms with Gasteiger partial charge in [-0.1, -0.05) is 33.3 Å². The van der Waals surface area contributed by atoms with Crippen LogP contribution in [0.25, 0.3) is 0 Å². The molecule has 2 N–H and O–H groups in total. The lowest BCUT2D eigenvalue weighted by atomic mass is 10.0. The second kappa shape index (κ2) is 8.68. The van der Waals surface area contributed by atoms with E-state index < -0.39 is 0 Å². The molecule has 0 heterocycles. The minimum Gasteiger partial charge on any atom is -0.371 e. The van der Waals surface area contributed by atoms with Crippen LogP contribution in [-0.4, -0.2) is 19.1 Å². The number of hydrogen-bond donors (Lipinski definition) is 1. The number of rotatable bonds is 8. The van der Waals surface area contributed by atoms with Crippen LogP contribution in [-0.2, 0) is 6.42 Å². The van der Waals surface area contributed by atoms with E-state index in [-0.39, 0.29) is 6.04 Å². The molecule has 1 aromatic carbocycles. The molecule has 0 aromatic heterocycles.